The number of piperidine rings is 1. The predicted octanol–water partition coefficient (Wildman–Crippen LogP) is 1.56. The molecule has 0 aromatic heterocycles. The second-order valence-electron chi connectivity index (χ2n) is 4.29. The van der Waals surface area contributed by atoms with Crippen LogP contribution in [0.2, 0.25) is 0 Å². The number of aliphatic hydroxyl groups excluding tert-OH is 1. The van der Waals surface area contributed by atoms with Crippen molar-refractivity contribution in [3.05, 3.63) is 0 Å². The molecule has 2 N–H and O–H groups in total. The summed E-state index contributed by atoms with van der Waals surface area (Å²) in [6.45, 7) is 0.822. The molecule has 1 aliphatic heterocycles. The van der Waals surface area contributed by atoms with Crippen LogP contribution in [0, 0.1) is 5.41 Å². The van der Waals surface area contributed by atoms with Crippen molar-refractivity contribution in [1.29, 1.82) is 0 Å². The summed E-state index contributed by atoms with van der Waals surface area (Å²) in [6.07, 6.45) is -2.71. The third-order valence-corrected chi connectivity index (χ3v) is 3.90. The normalized spacial score (nSPS) is 22.3. The van der Waals surface area contributed by atoms with Crippen molar-refractivity contribution in [2.24, 2.45) is 5.41 Å². The van der Waals surface area contributed by atoms with Gasteiger partial charge >= 0.3 is 6.18 Å². The van der Waals surface area contributed by atoms with Gasteiger partial charge in [0.05, 0.1) is 13.2 Å². The summed E-state index contributed by atoms with van der Waals surface area (Å²) in [4.78, 5) is 0. The highest BCUT2D eigenvalue weighted by atomic mass is 127. The number of rotatable bonds is 4. The molecule has 1 saturated heterocycles. The van der Waals surface area contributed by atoms with Crippen LogP contribution in [0.5, 0.6) is 0 Å². The first-order valence-corrected chi connectivity index (χ1v) is 6.12. The molecule has 1 heterocycles. The van der Waals surface area contributed by atoms with E-state index in [0.29, 0.717) is 0 Å². The summed E-state index contributed by atoms with van der Waals surface area (Å²) in [5.74, 6) is 0. The Kier molecular flexibility index (Phi) is 5.27. The monoisotopic (exact) mass is 352 g/mol. The van der Waals surface area contributed by atoms with E-state index < -0.39 is 12.7 Å². The summed E-state index contributed by atoms with van der Waals surface area (Å²) in [5, 5.41) is 11.7. The first-order valence-electron chi connectivity index (χ1n) is 5.16. The van der Waals surface area contributed by atoms with Gasteiger partial charge in [-0.3, -0.25) is 0 Å². The van der Waals surface area contributed by atoms with Crippen molar-refractivity contribution < 1.29 is 18.3 Å². The molecule has 0 aliphatic carbocycles. The van der Waals surface area contributed by atoms with Crippen LogP contribution >= 0.6 is 22.9 Å². The van der Waals surface area contributed by atoms with Crippen molar-refractivity contribution in [3.8, 4) is 0 Å². The number of alkyl halides is 3. The fourth-order valence-corrected chi connectivity index (χ4v) is 2.30. The molecule has 96 valence electrons. The first kappa shape index (κ1) is 14.5. The second-order valence-corrected chi connectivity index (χ2v) is 5.65. The van der Waals surface area contributed by atoms with E-state index in [1.165, 1.54) is 0 Å². The van der Waals surface area contributed by atoms with E-state index >= 15 is 0 Å². The lowest BCUT2D eigenvalue weighted by Crippen LogP contribution is -2.46. The topological polar surface area (TPSA) is 35.5 Å². The number of aliphatic hydroxyl groups is 1. The quantitative estimate of drug-likeness (QED) is 0.596. The largest absolute Gasteiger partial charge is 0.401 e. The fraction of sp³-hybridized carbons (Fsp3) is 1.00. The summed E-state index contributed by atoms with van der Waals surface area (Å²) in [7, 11) is 0. The molecular formula is C9H16F3IN2O. The average Bonchev–Trinajstić information content (AvgIpc) is 2.20. The fourth-order valence-electron chi connectivity index (χ4n) is 1.81. The van der Waals surface area contributed by atoms with Crippen molar-refractivity contribution in [2.45, 2.75) is 19.0 Å². The molecule has 0 atom stereocenters. The number of nitrogens with zero attached hydrogens (tertiary/aromatic N) is 1. The minimum Gasteiger partial charge on any atom is -0.396 e. The van der Waals surface area contributed by atoms with E-state index in [0.717, 1.165) is 25.9 Å². The zero-order valence-corrected chi connectivity index (χ0v) is 11.0. The molecule has 0 aromatic rings. The van der Waals surface area contributed by atoms with Crippen LogP contribution in [0.15, 0.2) is 0 Å². The molecule has 0 amide bonds. The average molecular weight is 352 g/mol. The molecule has 7 heteroatoms. The van der Waals surface area contributed by atoms with Gasteiger partial charge in [-0.1, -0.05) is 0 Å². The Hall–Kier alpha value is 0.400. The van der Waals surface area contributed by atoms with Gasteiger partial charge in [0.15, 0.2) is 0 Å². The summed E-state index contributed by atoms with van der Waals surface area (Å²) in [5.41, 5.74) is -0.382. The van der Waals surface area contributed by atoms with Crippen molar-refractivity contribution in [1.82, 2.24) is 8.43 Å². The molecule has 1 fully saturated rings. The number of hydrogen-bond donors (Lipinski definition) is 2. The lowest BCUT2D eigenvalue weighted by atomic mass is 9.79. The van der Waals surface area contributed by atoms with Crippen molar-refractivity contribution >= 4 is 22.9 Å². The van der Waals surface area contributed by atoms with Gasteiger partial charge in [0.2, 0.25) is 0 Å². The van der Waals surface area contributed by atoms with Gasteiger partial charge in [-0.05, 0) is 12.8 Å². The number of hydrogen-bond acceptors (Lipinski definition) is 3. The van der Waals surface area contributed by atoms with Crippen molar-refractivity contribution in [2.75, 3.05) is 32.8 Å². The molecule has 3 nitrogen and oxygen atoms in total. The standard InChI is InChI=1S/C9H16F3IN2O/c10-9(11,12)6-14-5-8(7-16)1-3-15(13)4-2-8/h14,16H,1-7H2. The molecule has 1 rings (SSSR count). The Balaban J connectivity index is 2.36. The van der Waals surface area contributed by atoms with Crippen LogP contribution in [0.4, 0.5) is 13.2 Å². The molecule has 0 radical (unpaired) electrons. The molecule has 1 aliphatic rings. The van der Waals surface area contributed by atoms with Crippen LogP contribution in [0.25, 0.3) is 0 Å². The maximum absolute atomic E-state index is 12.0. The minimum atomic E-state index is -4.18. The Bertz CT molecular complexity index is 217. The minimum absolute atomic E-state index is 0.0532. The van der Waals surface area contributed by atoms with E-state index in [2.05, 4.69) is 31.3 Å². The molecule has 0 unspecified atom stereocenters. The summed E-state index contributed by atoms with van der Waals surface area (Å²) >= 11 is 2.19. The maximum Gasteiger partial charge on any atom is 0.401 e. The number of halogens is 4. The Morgan fingerprint density at radius 2 is 1.88 bits per heavy atom. The smallest absolute Gasteiger partial charge is 0.396 e. The molecular weight excluding hydrogens is 336 g/mol. The molecule has 0 spiro atoms. The van der Waals surface area contributed by atoms with Gasteiger partial charge in [0, 0.05) is 47.9 Å². The first-order chi connectivity index (χ1) is 7.37. The molecule has 0 bridgehead atoms. The molecule has 0 saturated carbocycles. The maximum atomic E-state index is 12.0. The van der Waals surface area contributed by atoms with Crippen LogP contribution < -0.4 is 5.32 Å². The van der Waals surface area contributed by atoms with Gasteiger partial charge in [-0.15, -0.1) is 0 Å². The van der Waals surface area contributed by atoms with Gasteiger partial charge < -0.3 is 10.4 Å². The zero-order chi connectivity index (χ0) is 12.2. The Labute approximate surface area is 107 Å². The van der Waals surface area contributed by atoms with Crippen LogP contribution in [-0.2, 0) is 0 Å². The van der Waals surface area contributed by atoms with Crippen molar-refractivity contribution in [3.63, 3.8) is 0 Å². The lowest BCUT2D eigenvalue weighted by Gasteiger charge is -2.38. The third-order valence-electron chi connectivity index (χ3n) is 2.93. The third kappa shape index (κ3) is 4.72. The summed E-state index contributed by atoms with van der Waals surface area (Å²) in [6, 6.07) is 0. The van der Waals surface area contributed by atoms with Crippen LogP contribution in [0.1, 0.15) is 12.8 Å². The molecule has 0 aromatic carbocycles. The Morgan fingerprint density at radius 3 is 2.31 bits per heavy atom. The van der Waals surface area contributed by atoms with Gasteiger partial charge in [0.25, 0.3) is 0 Å². The van der Waals surface area contributed by atoms with Crippen LogP contribution in [-0.4, -0.2) is 47.2 Å². The molecule has 16 heavy (non-hydrogen) atoms. The van der Waals surface area contributed by atoms with E-state index in [4.69, 9.17) is 0 Å². The Morgan fingerprint density at radius 1 is 1.31 bits per heavy atom. The highest BCUT2D eigenvalue weighted by molar-refractivity contribution is 14.1. The van der Waals surface area contributed by atoms with E-state index in [9.17, 15) is 18.3 Å². The van der Waals surface area contributed by atoms with Gasteiger partial charge in [0.1, 0.15) is 0 Å². The zero-order valence-electron chi connectivity index (χ0n) is 8.86. The van der Waals surface area contributed by atoms with Crippen LogP contribution in [0.3, 0.4) is 0 Å². The second kappa shape index (κ2) is 5.83. The number of nitrogens with one attached hydrogen (secondary N) is 1. The SMILES string of the molecule is OCC1(CNCC(F)(F)F)CCN(I)CC1. The highest BCUT2D eigenvalue weighted by Crippen LogP contribution is 2.31. The van der Waals surface area contributed by atoms with Gasteiger partial charge in [-0.2, -0.15) is 13.2 Å². The van der Waals surface area contributed by atoms with E-state index in [1.807, 2.05) is 0 Å². The van der Waals surface area contributed by atoms with E-state index in [-0.39, 0.29) is 18.6 Å². The summed E-state index contributed by atoms with van der Waals surface area (Å²) < 4.78 is 38.0. The lowest BCUT2D eigenvalue weighted by molar-refractivity contribution is -0.126. The van der Waals surface area contributed by atoms with E-state index in [1.54, 1.807) is 0 Å². The highest BCUT2D eigenvalue weighted by Gasteiger charge is 2.35. The predicted molar refractivity (Wildman–Crippen MR) is 63.3 cm³/mol. The van der Waals surface area contributed by atoms with Gasteiger partial charge in [-0.25, -0.2) is 3.11 Å².